The molecule has 2 aromatic heterocycles. The molecule has 0 atom stereocenters. The second-order valence-corrected chi connectivity index (χ2v) is 5.89. The van der Waals surface area contributed by atoms with Crippen LogP contribution in [0.5, 0.6) is 0 Å². The highest BCUT2D eigenvalue weighted by molar-refractivity contribution is 6.30. The number of pyridine rings is 1. The van der Waals surface area contributed by atoms with Crippen LogP contribution in [0.25, 0.3) is 5.52 Å². The Morgan fingerprint density at radius 2 is 2.04 bits per heavy atom. The number of rotatable bonds is 6. The molecule has 0 unspecified atom stereocenters. The summed E-state index contributed by atoms with van der Waals surface area (Å²) < 4.78 is 6.49. The van der Waals surface area contributed by atoms with E-state index in [0.717, 1.165) is 0 Å². The van der Waals surface area contributed by atoms with E-state index < -0.39 is 5.91 Å². The Bertz CT molecular complexity index is 955. The second kappa shape index (κ2) is 7.99. The van der Waals surface area contributed by atoms with Crippen LogP contribution in [0.3, 0.4) is 0 Å². The summed E-state index contributed by atoms with van der Waals surface area (Å²) in [5, 5.41) is 5.96. The lowest BCUT2D eigenvalue weighted by atomic mass is 10.3. The van der Waals surface area contributed by atoms with Gasteiger partial charge in [-0.3, -0.25) is 14.0 Å². The lowest BCUT2D eigenvalue weighted by Gasteiger charge is -2.04. The topological polar surface area (TPSA) is 84.7 Å². The summed E-state index contributed by atoms with van der Waals surface area (Å²) in [4.78, 5) is 29.3. The number of aromatic nitrogens is 2. The summed E-state index contributed by atoms with van der Waals surface area (Å²) in [7, 11) is 1.55. The Kier molecular flexibility index (Phi) is 5.50. The van der Waals surface area contributed by atoms with Crippen molar-refractivity contribution < 1.29 is 14.3 Å². The average molecular weight is 373 g/mol. The number of amides is 2. The maximum Gasteiger partial charge on any atom is 0.292 e. The summed E-state index contributed by atoms with van der Waals surface area (Å²) in [5.74, 6) is -0.700. The number of hydrogen-bond acceptors (Lipinski definition) is 4. The molecule has 1 aromatic carbocycles. The molecule has 134 valence electrons. The molecule has 8 heteroatoms. The number of carbonyl (C=O) groups excluding carboxylic acids is 2. The van der Waals surface area contributed by atoms with Gasteiger partial charge in [-0.2, -0.15) is 0 Å². The molecule has 0 aliphatic heterocycles. The number of nitrogens with one attached hydrogen (secondary N) is 2. The number of halogens is 1. The summed E-state index contributed by atoms with van der Waals surface area (Å²) in [5.41, 5.74) is 1.26. The normalized spacial score (nSPS) is 10.7. The van der Waals surface area contributed by atoms with Crippen molar-refractivity contribution >= 4 is 34.6 Å². The molecule has 2 amide bonds. The molecule has 7 nitrogen and oxygen atoms in total. The SMILES string of the molecule is COCCNC(=O)c1nc(C(=O)Nc2cccc(Cl)c2)n2ccccc12. The first-order chi connectivity index (χ1) is 12.6. The van der Waals surface area contributed by atoms with Gasteiger partial charge in [0.2, 0.25) is 5.82 Å². The molecule has 0 radical (unpaired) electrons. The molecule has 0 saturated heterocycles. The summed E-state index contributed by atoms with van der Waals surface area (Å²) in [6.45, 7) is 0.741. The Hall–Kier alpha value is -2.90. The van der Waals surface area contributed by atoms with Crippen molar-refractivity contribution in [1.29, 1.82) is 0 Å². The van der Waals surface area contributed by atoms with Gasteiger partial charge in [0.15, 0.2) is 5.69 Å². The van der Waals surface area contributed by atoms with Gasteiger partial charge < -0.3 is 15.4 Å². The fraction of sp³-hybridized carbons (Fsp3) is 0.167. The predicted molar refractivity (Wildman–Crippen MR) is 98.8 cm³/mol. The Morgan fingerprint density at radius 1 is 1.19 bits per heavy atom. The fourth-order valence-electron chi connectivity index (χ4n) is 2.47. The third-order valence-corrected chi connectivity index (χ3v) is 3.88. The first-order valence-corrected chi connectivity index (χ1v) is 8.29. The van der Waals surface area contributed by atoms with Crippen LogP contribution < -0.4 is 10.6 Å². The molecule has 2 N–H and O–H groups in total. The molecule has 3 aromatic rings. The van der Waals surface area contributed by atoms with Crippen molar-refractivity contribution in [3.8, 4) is 0 Å². The van der Waals surface area contributed by atoms with Crippen molar-refractivity contribution in [3.63, 3.8) is 0 Å². The van der Waals surface area contributed by atoms with E-state index in [2.05, 4.69) is 15.6 Å². The minimum absolute atomic E-state index is 0.109. The number of fused-ring (bicyclic) bond motifs is 1. The molecule has 26 heavy (non-hydrogen) atoms. The quantitative estimate of drug-likeness (QED) is 0.651. The molecule has 0 aliphatic carbocycles. The third-order valence-electron chi connectivity index (χ3n) is 3.64. The standard InChI is InChI=1S/C18H17ClN4O3/c1-26-10-8-20-17(24)15-14-7-2-3-9-23(14)16(22-15)18(25)21-13-6-4-5-12(19)11-13/h2-7,9,11H,8,10H2,1H3,(H,20,24)(H,21,25). The number of ether oxygens (including phenoxy) is 1. The van der Waals surface area contributed by atoms with Gasteiger partial charge in [-0.1, -0.05) is 23.7 Å². The van der Waals surface area contributed by atoms with Gasteiger partial charge in [-0.05, 0) is 30.3 Å². The summed E-state index contributed by atoms with van der Waals surface area (Å²) in [6.07, 6.45) is 1.68. The number of methoxy groups -OCH3 is 1. The van der Waals surface area contributed by atoms with Crippen molar-refractivity contribution in [1.82, 2.24) is 14.7 Å². The first kappa shape index (κ1) is 17.9. The van der Waals surface area contributed by atoms with Crippen LogP contribution in [0.4, 0.5) is 5.69 Å². The highest BCUT2D eigenvalue weighted by atomic mass is 35.5. The van der Waals surface area contributed by atoms with Gasteiger partial charge in [-0.25, -0.2) is 4.98 Å². The number of hydrogen-bond donors (Lipinski definition) is 2. The molecule has 0 fully saturated rings. The van der Waals surface area contributed by atoms with Crippen molar-refractivity contribution in [2.75, 3.05) is 25.6 Å². The van der Waals surface area contributed by atoms with E-state index in [1.54, 1.807) is 60.2 Å². The van der Waals surface area contributed by atoms with E-state index >= 15 is 0 Å². The lowest BCUT2D eigenvalue weighted by Crippen LogP contribution is -2.27. The molecular formula is C18H17ClN4O3. The zero-order chi connectivity index (χ0) is 18.5. The van der Waals surface area contributed by atoms with E-state index in [0.29, 0.717) is 29.4 Å². The van der Waals surface area contributed by atoms with Crippen molar-refractivity contribution in [2.24, 2.45) is 0 Å². The van der Waals surface area contributed by atoms with Crippen LogP contribution in [0, 0.1) is 0 Å². The number of benzene rings is 1. The monoisotopic (exact) mass is 372 g/mol. The molecular weight excluding hydrogens is 356 g/mol. The summed E-state index contributed by atoms with van der Waals surface area (Å²) >= 11 is 5.94. The molecule has 3 rings (SSSR count). The largest absolute Gasteiger partial charge is 0.383 e. The molecule has 2 heterocycles. The van der Waals surface area contributed by atoms with Crippen molar-refractivity contribution in [2.45, 2.75) is 0 Å². The Labute approximate surface area is 154 Å². The molecule has 0 saturated carbocycles. The summed E-state index contributed by atoms with van der Waals surface area (Å²) in [6, 6.07) is 12.1. The van der Waals surface area contributed by atoms with E-state index in [4.69, 9.17) is 16.3 Å². The highest BCUT2D eigenvalue weighted by Crippen LogP contribution is 2.18. The molecule has 0 aliphatic rings. The smallest absolute Gasteiger partial charge is 0.292 e. The van der Waals surface area contributed by atoms with Gasteiger partial charge in [0.25, 0.3) is 11.8 Å². The van der Waals surface area contributed by atoms with Crippen LogP contribution in [0.1, 0.15) is 21.1 Å². The van der Waals surface area contributed by atoms with Gasteiger partial charge in [-0.15, -0.1) is 0 Å². The predicted octanol–water partition coefficient (Wildman–Crippen LogP) is 2.62. The number of anilines is 1. The van der Waals surface area contributed by atoms with Crippen LogP contribution in [0.2, 0.25) is 5.02 Å². The second-order valence-electron chi connectivity index (χ2n) is 5.45. The first-order valence-electron chi connectivity index (χ1n) is 7.91. The average Bonchev–Trinajstić information content (AvgIpc) is 3.02. The van der Waals surface area contributed by atoms with E-state index in [9.17, 15) is 9.59 Å². The molecule has 0 bridgehead atoms. The minimum atomic E-state index is -0.440. The Balaban J connectivity index is 1.91. The molecule has 0 spiro atoms. The maximum absolute atomic E-state index is 12.6. The van der Waals surface area contributed by atoms with Crippen LogP contribution in [-0.2, 0) is 4.74 Å². The van der Waals surface area contributed by atoms with Crippen LogP contribution in [-0.4, -0.2) is 41.5 Å². The Morgan fingerprint density at radius 3 is 2.81 bits per heavy atom. The van der Waals surface area contributed by atoms with E-state index in [-0.39, 0.29) is 17.4 Å². The lowest BCUT2D eigenvalue weighted by molar-refractivity contribution is 0.0934. The van der Waals surface area contributed by atoms with Crippen LogP contribution >= 0.6 is 11.6 Å². The van der Waals surface area contributed by atoms with Crippen molar-refractivity contribution in [3.05, 3.63) is 65.2 Å². The van der Waals surface area contributed by atoms with Crippen LogP contribution in [0.15, 0.2) is 48.7 Å². The maximum atomic E-state index is 12.6. The van der Waals surface area contributed by atoms with Gasteiger partial charge in [0, 0.05) is 30.6 Å². The zero-order valence-electron chi connectivity index (χ0n) is 14.0. The minimum Gasteiger partial charge on any atom is -0.383 e. The van der Waals surface area contributed by atoms with E-state index in [1.165, 1.54) is 0 Å². The number of carbonyl (C=O) groups is 2. The van der Waals surface area contributed by atoms with Gasteiger partial charge >= 0.3 is 0 Å². The van der Waals surface area contributed by atoms with E-state index in [1.807, 2.05) is 0 Å². The highest BCUT2D eigenvalue weighted by Gasteiger charge is 2.21. The number of imidazole rings is 1. The third kappa shape index (κ3) is 3.84. The fourth-order valence-corrected chi connectivity index (χ4v) is 2.66. The van der Waals surface area contributed by atoms with Gasteiger partial charge in [0.05, 0.1) is 12.1 Å². The van der Waals surface area contributed by atoms with Gasteiger partial charge in [0.1, 0.15) is 0 Å². The number of nitrogens with zero attached hydrogens (tertiary/aromatic N) is 2. The zero-order valence-corrected chi connectivity index (χ0v) is 14.8.